The summed E-state index contributed by atoms with van der Waals surface area (Å²) in [4.78, 5) is 11.7. The topological polar surface area (TPSA) is 66.9 Å². The molecule has 0 amide bonds. The summed E-state index contributed by atoms with van der Waals surface area (Å²) in [5.74, 6) is -1.25. The smallest absolute Gasteiger partial charge is 0.185 e. The fourth-order valence-electron chi connectivity index (χ4n) is 1.08. The van der Waals surface area contributed by atoms with Crippen LogP contribution in [0.3, 0.4) is 0 Å². The van der Waals surface area contributed by atoms with E-state index in [2.05, 4.69) is 6.58 Å². The molecule has 0 heterocycles. The molecule has 70 valence electrons. The second kappa shape index (κ2) is 4.24. The Morgan fingerprint density at radius 2 is 2.00 bits per heavy atom. The molecule has 1 unspecified atom stereocenters. The van der Waals surface area contributed by atoms with E-state index in [-0.39, 0.29) is 11.5 Å². The Morgan fingerprint density at radius 1 is 1.43 bits per heavy atom. The van der Waals surface area contributed by atoms with Crippen molar-refractivity contribution in [1.82, 2.24) is 0 Å². The van der Waals surface area contributed by atoms with Crippen LogP contribution in [0.1, 0.15) is 10.4 Å². The molecular weight excluding hydrogens is 176 g/mol. The lowest BCUT2D eigenvalue weighted by atomic mass is 9.97. The van der Waals surface area contributed by atoms with E-state index in [1.165, 1.54) is 0 Å². The van der Waals surface area contributed by atoms with Crippen molar-refractivity contribution in [3.05, 3.63) is 48.2 Å². The van der Waals surface area contributed by atoms with Crippen LogP contribution in [-0.2, 0) is 0 Å². The fourth-order valence-corrected chi connectivity index (χ4v) is 1.08. The van der Waals surface area contributed by atoms with Gasteiger partial charge in [0.05, 0.1) is 6.07 Å². The Labute approximate surface area is 82.5 Å². The molecule has 0 aromatic heterocycles. The summed E-state index contributed by atoms with van der Waals surface area (Å²) in [5.41, 5.74) is 5.91. The highest BCUT2D eigenvalue weighted by Crippen LogP contribution is 2.11. The normalized spacial score (nSPS) is 11.4. The summed E-state index contributed by atoms with van der Waals surface area (Å²) < 4.78 is 0. The van der Waals surface area contributed by atoms with E-state index in [1.54, 1.807) is 30.3 Å². The minimum absolute atomic E-state index is 0.0846. The number of hydrogen-bond donors (Lipinski definition) is 1. The Balaban J connectivity index is 2.97. The van der Waals surface area contributed by atoms with Crippen LogP contribution in [0.15, 0.2) is 42.6 Å². The van der Waals surface area contributed by atoms with E-state index < -0.39 is 5.92 Å². The number of carbonyl (C=O) groups is 1. The van der Waals surface area contributed by atoms with Gasteiger partial charge in [-0.25, -0.2) is 0 Å². The number of benzene rings is 1. The number of nitriles is 1. The van der Waals surface area contributed by atoms with Gasteiger partial charge in [-0.05, 0) is 0 Å². The molecule has 1 aromatic rings. The lowest BCUT2D eigenvalue weighted by Crippen LogP contribution is -2.19. The summed E-state index contributed by atoms with van der Waals surface area (Å²) in [6.07, 6.45) is 0. The summed E-state index contributed by atoms with van der Waals surface area (Å²) >= 11 is 0. The molecule has 3 heteroatoms. The van der Waals surface area contributed by atoms with Crippen LogP contribution in [-0.4, -0.2) is 5.78 Å². The second-order valence-electron chi connectivity index (χ2n) is 2.87. The predicted molar refractivity (Wildman–Crippen MR) is 53.2 cm³/mol. The summed E-state index contributed by atoms with van der Waals surface area (Å²) in [6.45, 7) is 3.41. The number of carbonyl (C=O) groups excluding carboxylic acids is 1. The van der Waals surface area contributed by atoms with Crippen molar-refractivity contribution in [2.24, 2.45) is 11.7 Å². The molecule has 0 saturated carbocycles. The van der Waals surface area contributed by atoms with E-state index in [4.69, 9.17) is 11.0 Å². The van der Waals surface area contributed by atoms with Crippen molar-refractivity contribution >= 4 is 5.78 Å². The Bertz CT molecular complexity index is 389. The molecule has 0 saturated heterocycles. The van der Waals surface area contributed by atoms with E-state index in [9.17, 15) is 4.79 Å². The Kier molecular flexibility index (Phi) is 3.03. The molecule has 0 aliphatic carbocycles. The molecule has 0 spiro atoms. The number of rotatable bonds is 3. The van der Waals surface area contributed by atoms with Gasteiger partial charge in [-0.2, -0.15) is 5.26 Å². The quantitative estimate of drug-likeness (QED) is 0.727. The summed E-state index contributed by atoms with van der Waals surface area (Å²) in [6, 6.07) is 10.4. The Hall–Kier alpha value is -2.08. The standard InChI is InChI=1S/C11H10N2O/c1-8(13)10(7-12)11(14)9-5-3-2-4-6-9/h2-6,10H,1,13H2. The van der Waals surface area contributed by atoms with E-state index >= 15 is 0 Å². The average Bonchev–Trinajstić information content (AvgIpc) is 2.19. The zero-order chi connectivity index (χ0) is 10.6. The lowest BCUT2D eigenvalue weighted by molar-refractivity contribution is 0.0963. The third kappa shape index (κ3) is 1.99. The molecule has 0 aliphatic rings. The highest BCUT2D eigenvalue weighted by Gasteiger charge is 2.20. The first-order valence-corrected chi connectivity index (χ1v) is 4.10. The van der Waals surface area contributed by atoms with E-state index in [0.29, 0.717) is 5.56 Å². The first-order valence-electron chi connectivity index (χ1n) is 4.10. The maximum Gasteiger partial charge on any atom is 0.185 e. The van der Waals surface area contributed by atoms with Crippen molar-refractivity contribution < 1.29 is 4.79 Å². The number of hydrogen-bond acceptors (Lipinski definition) is 3. The number of allylic oxidation sites excluding steroid dienone is 1. The van der Waals surface area contributed by atoms with Crippen LogP contribution in [0.2, 0.25) is 0 Å². The van der Waals surface area contributed by atoms with Gasteiger partial charge in [0.25, 0.3) is 0 Å². The number of nitrogens with zero attached hydrogens (tertiary/aromatic N) is 1. The largest absolute Gasteiger partial charge is 0.401 e. The van der Waals surface area contributed by atoms with Crippen molar-refractivity contribution in [3.8, 4) is 6.07 Å². The van der Waals surface area contributed by atoms with Gasteiger partial charge >= 0.3 is 0 Å². The first kappa shape index (κ1) is 10.0. The number of Topliss-reactive ketones (excluding diaryl/α,β-unsaturated/α-hetero) is 1. The molecule has 0 radical (unpaired) electrons. The highest BCUT2D eigenvalue weighted by molar-refractivity contribution is 6.00. The third-order valence-electron chi connectivity index (χ3n) is 1.82. The highest BCUT2D eigenvalue weighted by atomic mass is 16.1. The molecule has 3 nitrogen and oxygen atoms in total. The summed E-state index contributed by atoms with van der Waals surface area (Å²) in [7, 11) is 0. The molecule has 0 bridgehead atoms. The monoisotopic (exact) mass is 186 g/mol. The predicted octanol–water partition coefficient (Wildman–Crippen LogP) is 1.48. The molecule has 0 fully saturated rings. The molecule has 1 aromatic carbocycles. The van der Waals surface area contributed by atoms with Crippen molar-refractivity contribution in [2.75, 3.05) is 0 Å². The van der Waals surface area contributed by atoms with Gasteiger partial charge in [0.15, 0.2) is 5.78 Å². The lowest BCUT2D eigenvalue weighted by Gasteiger charge is -2.06. The van der Waals surface area contributed by atoms with E-state index in [1.807, 2.05) is 6.07 Å². The van der Waals surface area contributed by atoms with Crippen LogP contribution in [0.25, 0.3) is 0 Å². The second-order valence-corrected chi connectivity index (χ2v) is 2.87. The van der Waals surface area contributed by atoms with Crippen molar-refractivity contribution in [1.29, 1.82) is 5.26 Å². The van der Waals surface area contributed by atoms with Gasteiger partial charge in [0.1, 0.15) is 5.92 Å². The molecule has 2 N–H and O–H groups in total. The van der Waals surface area contributed by atoms with Crippen molar-refractivity contribution in [3.63, 3.8) is 0 Å². The molecule has 1 atom stereocenters. The zero-order valence-corrected chi connectivity index (χ0v) is 7.60. The minimum atomic E-state index is -0.947. The fraction of sp³-hybridized carbons (Fsp3) is 0.0909. The molecular formula is C11H10N2O. The van der Waals surface area contributed by atoms with Gasteiger partial charge in [-0.1, -0.05) is 36.9 Å². The summed E-state index contributed by atoms with van der Waals surface area (Å²) in [5, 5.41) is 8.72. The number of nitrogens with two attached hydrogens (primary N) is 1. The maximum absolute atomic E-state index is 11.7. The average molecular weight is 186 g/mol. The zero-order valence-electron chi connectivity index (χ0n) is 7.60. The maximum atomic E-state index is 11.7. The Morgan fingerprint density at radius 3 is 2.43 bits per heavy atom. The first-order chi connectivity index (χ1) is 6.66. The van der Waals surface area contributed by atoms with Gasteiger partial charge in [-0.15, -0.1) is 0 Å². The van der Waals surface area contributed by atoms with Crippen molar-refractivity contribution in [2.45, 2.75) is 0 Å². The van der Waals surface area contributed by atoms with Gasteiger partial charge in [0.2, 0.25) is 0 Å². The van der Waals surface area contributed by atoms with E-state index in [0.717, 1.165) is 0 Å². The SMILES string of the molecule is C=C(N)C(C#N)C(=O)c1ccccc1. The van der Waals surface area contributed by atoms with Crippen LogP contribution in [0, 0.1) is 17.2 Å². The van der Waals surface area contributed by atoms with Crippen LogP contribution in [0.5, 0.6) is 0 Å². The van der Waals surface area contributed by atoms with Crippen LogP contribution < -0.4 is 5.73 Å². The molecule has 0 aliphatic heterocycles. The van der Waals surface area contributed by atoms with Crippen LogP contribution in [0.4, 0.5) is 0 Å². The number of ketones is 1. The van der Waals surface area contributed by atoms with Gasteiger partial charge in [-0.3, -0.25) is 4.79 Å². The third-order valence-corrected chi connectivity index (χ3v) is 1.82. The van der Waals surface area contributed by atoms with Crippen LogP contribution >= 0.6 is 0 Å². The van der Waals surface area contributed by atoms with Gasteiger partial charge in [0, 0.05) is 11.3 Å². The minimum Gasteiger partial charge on any atom is -0.401 e. The molecule has 14 heavy (non-hydrogen) atoms. The molecule has 1 rings (SSSR count). The van der Waals surface area contributed by atoms with Gasteiger partial charge < -0.3 is 5.73 Å².